The second-order valence-electron chi connectivity index (χ2n) is 6.07. The molecule has 130 valence electrons. The molecule has 2 heterocycles. The van der Waals surface area contributed by atoms with Crippen LogP contribution >= 0.6 is 0 Å². The van der Waals surface area contributed by atoms with Crippen molar-refractivity contribution in [1.29, 1.82) is 0 Å². The van der Waals surface area contributed by atoms with E-state index < -0.39 is 0 Å². The highest BCUT2D eigenvalue weighted by Crippen LogP contribution is 2.17. The normalized spacial score (nSPS) is 10.8. The largest absolute Gasteiger partial charge is 0.360 e. The van der Waals surface area contributed by atoms with Gasteiger partial charge in [0, 0.05) is 33.1 Å². The molecule has 0 saturated carbocycles. The maximum absolute atomic E-state index is 12.1. The first kappa shape index (κ1) is 17.6. The summed E-state index contributed by atoms with van der Waals surface area (Å²) in [5, 5.41) is 6.41. The summed E-state index contributed by atoms with van der Waals surface area (Å²) in [6.07, 6.45) is 0. The van der Waals surface area contributed by atoms with Crippen LogP contribution < -0.4 is 15.1 Å². The third-order valence-electron chi connectivity index (χ3n) is 3.16. The van der Waals surface area contributed by atoms with Crippen LogP contribution in [0.5, 0.6) is 0 Å². The summed E-state index contributed by atoms with van der Waals surface area (Å²) in [5.74, 6) is 2.64. The van der Waals surface area contributed by atoms with Crippen LogP contribution in [0.3, 0.4) is 0 Å². The van der Waals surface area contributed by atoms with Crippen molar-refractivity contribution in [3.05, 3.63) is 17.7 Å². The maximum atomic E-state index is 12.1. The number of aromatic nitrogens is 4. The Labute approximate surface area is 141 Å². The number of likely N-dealkylation sites (N-methyl/N-ethyl adjacent to an activating group) is 1. The Bertz CT molecular complexity index is 685. The fraction of sp³-hybridized carbons (Fsp3) is 0.533. The van der Waals surface area contributed by atoms with E-state index in [2.05, 4.69) is 25.4 Å². The molecule has 0 aliphatic heterocycles. The Hall–Kier alpha value is -2.71. The molecule has 0 aromatic carbocycles. The monoisotopic (exact) mass is 333 g/mol. The summed E-state index contributed by atoms with van der Waals surface area (Å²) in [6.45, 7) is 5.87. The first-order valence-corrected chi connectivity index (χ1v) is 7.64. The smallest absolute Gasteiger partial charge is 0.245 e. The van der Waals surface area contributed by atoms with E-state index in [1.807, 2.05) is 32.8 Å². The van der Waals surface area contributed by atoms with Crippen LogP contribution in [-0.2, 0) is 4.79 Å². The number of hydrogen-bond donors (Lipinski definition) is 1. The van der Waals surface area contributed by atoms with E-state index >= 15 is 0 Å². The van der Waals surface area contributed by atoms with E-state index in [0.29, 0.717) is 29.3 Å². The highest BCUT2D eigenvalue weighted by Gasteiger charge is 2.16. The van der Waals surface area contributed by atoms with Gasteiger partial charge in [0.1, 0.15) is 11.6 Å². The average molecular weight is 333 g/mol. The molecule has 24 heavy (non-hydrogen) atoms. The summed E-state index contributed by atoms with van der Waals surface area (Å²) < 4.78 is 4.92. The van der Waals surface area contributed by atoms with Gasteiger partial charge in [0.15, 0.2) is 5.82 Å². The van der Waals surface area contributed by atoms with Crippen LogP contribution in [-0.4, -0.2) is 53.7 Å². The van der Waals surface area contributed by atoms with E-state index in [4.69, 9.17) is 4.52 Å². The quantitative estimate of drug-likeness (QED) is 0.847. The molecule has 2 aromatic heterocycles. The van der Waals surface area contributed by atoms with E-state index in [1.54, 1.807) is 24.9 Å². The lowest BCUT2D eigenvalue weighted by Gasteiger charge is -2.20. The zero-order valence-electron chi connectivity index (χ0n) is 14.9. The third-order valence-corrected chi connectivity index (χ3v) is 3.16. The minimum atomic E-state index is -0.233. The van der Waals surface area contributed by atoms with E-state index in [9.17, 15) is 4.79 Å². The number of amides is 1. The summed E-state index contributed by atoms with van der Waals surface area (Å²) >= 11 is 0. The number of anilines is 3. The van der Waals surface area contributed by atoms with Crippen molar-refractivity contribution in [3.63, 3.8) is 0 Å². The predicted molar refractivity (Wildman–Crippen MR) is 91.4 cm³/mol. The first-order valence-electron chi connectivity index (χ1n) is 7.64. The molecule has 0 aliphatic carbocycles. The van der Waals surface area contributed by atoms with Crippen LogP contribution in [0.15, 0.2) is 10.6 Å². The van der Waals surface area contributed by atoms with E-state index in [0.717, 1.165) is 0 Å². The Morgan fingerprint density at radius 3 is 2.42 bits per heavy atom. The van der Waals surface area contributed by atoms with Gasteiger partial charge in [0.05, 0.1) is 6.54 Å². The molecule has 0 saturated heterocycles. The Balaban J connectivity index is 2.13. The lowest BCUT2D eigenvalue weighted by Crippen LogP contribution is -2.32. The number of carbonyl (C=O) groups is 1. The van der Waals surface area contributed by atoms with Crippen LogP contribution in [0.1, 0.15) is 31.4 Å². The zero-order valence-corrected chi connectivity index (χ0v) is 14.9. The molecular weight excluding hydrogens is 310 g/mol. The van der Waals surface area contributed by atoms with Crippen molar-refractivity contribution in [1.82, 2.24) is 20.1 Å². The molecule has 2 aromatic rings. The number of rotatable bonds is 6. The van der Waals surface area contributed by atoms with Crippen LogP contribution in [0.25, 0.3) is 0 Å². The highest BCUT2D eigenvalue weighted by molar-refractivity contribution is 5.92. The maximum Gasteiger partial charge on any atom is 0.245 e. The topological polar surface area (TPSA) is 100 Å². The number of carbonyl (C=O) groups excluding carboxylic acids is 1. The lowest BCUT2D eigenvalue weighted by molar-refractivity contribution is -0.115. The Kier molecular flexibility index (Phi) is 5.32. The molecular formula is C15H23N7O2. The molecule has 9 nitrogen and oxygen atoms in total. The van der Waals surface area contributed by atoms with Crippen molar-refractivity contribution in [2.75, 3.05) is 42.8 Å². The van der Waals surface area contributed by atoms with Crippen molar-refractivity contribution in [2.24, 2.45) is 0 Å². The molecule has 0 fully saturated rings. The SMILES string of the molecule is Cc1cc(NC(=O)CN(C)c2nc(C(C)C)nc(N(C)C)n2)no1. The second-order valence-corrected chi connectivity index (χ2v) is 6.07. The van der Waals surface area contributed by atoms with Crippen molar-refractivity contribution < 1.29 is 9.32 Å². The molecule has 1 amide bonds. The summed E-state index contributed by atoms with van der Waals surface area (Å²) in [4.78, 5) is 28.9. The molecule has 0 radical (unpaired) electrons. The molecule has 1 N–H and O–H groups in total. The Morgan fingerprint density at radius 1 is 1.21 bits per heavy atom. The highest BCUT2D eigenvalue weighted by atomic mass is 16.5. The lowest BCUT2D eigenvalue weighted by atomic mass is 10.2. The van der Waals surface area contributed by atoms with E-state index in [1.165, 1.54) is 0 Å². The van der Waals surface area contributed by atoms with E-state index in [-0.39, 0.29) is 18.4 Å². The van der Waals surface area contributed by atoms with Gasteiger partial charge in [-0.1, -0.05) is 19.0 Å². The average Bonchev–Trinajstić information content (AvgIpc) is 2.91. The van der Waals surface area contributed by atoms with Gasteiger partial charge in [-0.2, -0.15) is 15.0 Å². The number of hydrogen-bond acceptors (Lipinski definition) is 8. The fourth-order valence-corrected chi connectivity index (χ4v) is 1.89. The molecule has 9 heteroatoms. The predicted octanol–water partition coefficient (Wildman–Crippen LogP) is 1.43. The molecule has 0 atom stereocenters. The molecule has 0 bridgehead atoms. The molecule has 0 spiro atoms. The van der Waals surface area contributed by atoms with Crippen LogP contribution in [0, 0.1) is 6.92 Å². The summed E-state index contributed by atoms with van der Waals surface area (Å²) in [6, 6.07) is 1.65. The van der Waals surface area contributed by atoms with Gasteiger partial charge in [-0.15, -0.1) is 0 Å². The third kappa shape index (κ3) is 4.40. The van der Waals surface area contributed by atoms with Gasteiger partial charge in [0.2, 0.25) is 17.8 Å². The van der Waals surface area contributed by atoms with Gasteiger partial charge >= 0.3 is 0 Å². The number of nitrogens with zero attached hydrogens (tertiary/aromatic N) is 6. The summed E-state index contributed by atoms with van der Waals surface area (Å²) in [7, 11) is 5.48. The van der Waals surface area contributed by atoms with Gasteiger partial charge in [-0.3, -0.25) is 4.79 Å². The molecule has 2 rings (SSSR count). The van der Waals surface area contributed by atoms with Gasteiger partial charge < -0.3 is 19.6 Å². The van der Waals surface area contributed by atoms with Crippen LogP contribution in [0.4, 0.5) is 17.7 Å². The van der Waals surface area contributed by atoms with Crippen molar-refractivity contribution >= 4 is 23.6 Å². The number of aryl methyl sites for hydroxylation is 1. The van der Waals surface area contributed by atoms with Crippen molar-refractivity contribution in [3.8, 4) is 0 Å². The van der Waals surface area contributed by atoms with Gasteiger partial charge in [-0.25, -0.2) is 0 Å². The van der Waals surface area contributed by atoms with Crippen molar-refractivity contribution in [2.45, 2.75) is 26.7 Å². The Morgan fingerprint density at radius 2 is 1.88 bits per heavy atom. The molecule has 0 unspecified atom stereocenters. The fourth-order valence-electron chi connectivity index (χ4n) is 1.89. The number of nitrogens with one attached hydrogen (secondary N) is 1. The second kappa shape index (κ2) is 7.24. The van der Waals surface area contributed by atoms with Crippen LogP contribution in [0.2, 0.25) is 0 Å². The first-order chi connectivity index (χ1) is 11.3. The molecule has 0 aliphatic rings. The summed E-state index contributed by atoms with van der Waals surface area (Å²) in [5.41, 5.74) is 0. The standard InChI is InChI=1S/C15H23N7O2/c1-9(2)13-17-14(21(4)5)19-15(18-13)22(6)8-12(23)16-11-7-10(3)24-20-11/h7,9H,8H2,1-6H3,(H,16,20,23). The zero-order chi connectivity index (χ0) is 17.9. The van der Waals surface area contributed by atoms with Gasteiger partial charge in [0.25, 0.3) is 0 Å². The van der Waals surface area contributed by atoms with Gasteiger partial charge in [-0.05, 0) is 6.92 Å². The minimum absolute atomic E-state index is 0.0837. The minimum Gasteiger partial charge on any atom is -0.360 e.